The molecule has 4 rings (SSSR count). The number of hydrogen-bond acceptors (Lipinski definition) is 6. The highest BCUT2D eigenvalue weighted by Crippen LogP contribution is 2.34. The van der Waals surface area contributed by atoms with Gasteiger partial charge in [0.2, 0.25) is 11.9 Å². The summed E-state index contributed by atoms with van der Waals surface area (Å²) in [6.45, 7) is 0. The molecule has 3 aromatic rings. The van der Waals surface area contributed by atoms with Crippen LogP contribution in [0.4, 0.5) is 17.6 Å². The van der Waals surface area contributed by atoms with Crippen molar-refractivity contribution in [2.24, 2.45) is 0 Å². The van der Waals surface area contributed by atoms with Gasteiger partial charge in [0, 0.05) is 23.6 Å². The molecule has 2 heterocycles. The molecule has 1 aromatic carbocycles. The van der Waals surface area contributed by atoms with Crippen LogP contribution in [0.1, 0.15) is 19.3 Å². The molecule has 0 aliphatic heterocycles. The van der Waals surface area contributed by atoms with Gasteiger partial charge in [-0.2, -0.15) is 15.0 Å². The average Bonchev–Trinajstić information content (AvgIpc) is 2.66. The molecule has 1 aliphatic rings. The third-order valence-corrected chi connectivity index (χ3v) is 4.44. The van der Waals surface area contributed by atoms with Crippen molar-refractivity contribution < 1.29 is 0 Å². The lowest BCUT2D eigenvalue weighted by Gasteiger charge is -2.37. The molecule has 0 spiro atoms. The van der Waals surface area contributed by atoms with E-state index in [4.69, 9.17) is 6.42 Å². The van der Waals surface area contributed by atoms with Gasteiger partial charge in [0.25, 0.3) is 0 Å². The van der Waals surface area contributed by atoms with Gasteiger partial charge in [-0.1, -0.05) is 36.3 Å². The van der Waals surface area contributed by atoms with E-state index >= 15 is 0 Å². The number of nitrogens with zero attached hydrogens (tertiary/aromatic N) is 4. The third-order valence-electron chi connectivity index (χ3n) is 4.44. The summed E-state index contributed by atoms with van der Waals surface area (Å²) in [4.78, 5) is 17.7. The lowest BCUT2D eigenvalue weighted by atomic mass is 9.77. The lowest BCUT2D eigenvalue weighted by molar-refractivity contribution is 0.358. The molecule has 6 nitrogen and oxygen atoms in total. The van der Waals surface area contributed by atoms with Crippen LogP contribution in [0, 0.1) is 12.3 Å². The van der Waals surface area contributed by atoms with E-state index in [2.05, 4.69) is 36.5 Å². The third kappa shape index (κ3) is 3.33. The summed E-state index contributed by atoms with van der Waals surface area (Å²) in [6, 6.07) is 13.5. The zero-order valence-electron chi connectivity index (χ0n) is 14.2. The minimum Gasteiger partial charge on any atom is -0.338 e. The van der Waals surface area contributed by atoms with Crippen molar-refractivity contribution in [3.8, 4) is 23.7 Å². The van der Waals surface area contributed by atoms with Crippen molar-refractivity contribution in [1.29, 1.82) is 0 Å². The molecule has 0 atom stereocenters. The van der Waals surface area contributed by atoms with Crippen LogP contribution in [0.2, 0.25) is 0 Å². The van der Waals surface area contributed by atoms with Crippen LogP contribution in [-0.2, 0) is 0 Å². The van der Waals surface area contributed by atoms with Crippen molar-refractivity contribution in [3.63, 3.8) is 0 Å². The van der Waals surface area contributed by atoms with Crippen LogP contribution in [0.3, 0.4) is 0 Å². The van der Waals surface area contributed by atoms with Crippen molar-refractivity contribution >= 4 is 17.6 Å². The number of nitrogens with one attached hydrogen (secondary N) is 2. The number of rotatable bonds is 5. The highest BCUT2D eigenvalue weighted by atomic mass is 15.2. The highest BCUT2D eigenvalue weighted by molar-refractivity contribution is 5.61. The number of pyridine rings is 1. The molecule has 0 unspecified atom stereocenters. The summed E-state index contributed by atoms with van der Waals surface area (Å²) in [5.74, 6) is 4.38. The number of anilines is 3. The van der Waals surface area contributed by atoms with E-state index in [1.165, 1.54) is 0 Å². The smallest absolute Gasteiger partial charge is 0.232 e. The molecule has 1 saturated carbocycles. The number of terminal acetylenes is 1. The molecule has 128 valence electrons. The van der Waals surface area contributed by atoms with Gasteiger partial charge in [-0.3, -0.25) is 4.98 Å². The zero-order valence-corrected chi connectivity index (χ0v) is 14.2. The first-order valence-electron chi connectivity index (χ1n) is 8.51. The van der Waals surface area contributed by atoms with E-state index in [-0.39, 0.29) is 5.54 Å². The van der Waals surface area contributed by atoms with Crippen LogP contribution in [-0.4, -0.2) is 25.5 Å². The number of aromatic nitrogens is 4. The maximum absolute atomic E-state index is 5.72. The van der Waals surface area contributed by atoms with Crippen molar-refractivity contribution in [3.05, 3.63) is 54.9 Å². The molecule has 2 aromatic heterocycles. The van der Waals surface area contributed by atoms with E-state index < -0.39 is 0 Å². The Morgan fingerprint density at radius 2 is 1.65 bits per heavy atom. The van der Waals surface area contributed by atoms with E-state index in [9.17, 15) is 0 Å². The average molecular weight is 342 g/mol. The summed E-state index contributed by atoms with van der Waals surface area (Å²) < 4.78 is 0. The fourth-order valence-corrected chi connectivity index (χ4v) is 2.82. The van der Waals surface area contributed by atoms with E-state index in [1.54, 1.807) is 12.4 Å². The largest absolute Gasteiger partial charge is 0.338 e. The minimum atomic E-state index is -0.358. The van der Waals surface area contributed by atoms with Crippen LogP contribution in [0.15, 0.2) is 54.9 Å². The predicted octanol–water partition coefficient (Wildman–Crippen LogP) is 3.65. The van der Waals surface area contributed by atoms with E-state index in [1.807, 2.05) is 42.5 Å². The first-order chi connectivity index (χ1) is 12.8. The van der Waals surface area contributed by atoms with Crippen LogP contribution >= 0.6 is 0 Å². The van der Waals surface area contributed by atoms with Gasteiger partial charge in [0.15, 0.2) is 5.82 Å². The quantitative estimate of drug-likeness (QED) is 0.690. The number of hydrogen-bond donors (Lipinski definition) is 2. The van der Waals surface area contributed by atoms with Gasteiger partial charge < -0.3 is 10.6 Å². The van der Waals surface area contributed by atoms with Crippen LogP contribution in [0.25, 0.3) is 11.4 Å². The van der Waals surface area contributed by atoms with E-state index in [0.717, 1.165) is 30.5 Å². The van der Waals surface area contributed by atoms with Gasteiger partial charge in [0.05, 0.1) is 0 Å². The summed E-state index contributed by atoms with van der Waals surface area (Å²) in [5, 5.41) is 6.53. The topological polar surface area (TPSA) is 75.6 Å². The predicted molar refractivity (Wildman–Crippen MR) is 102 cm³/mol. The molecule has 0 saturated heterocycles. The minimum absolute atomic E-state index is 0.358. The fourth-order valence-electron chi connectivity index (χ4n) is 2.82. The van der Waals surface area contributed by atoms with Gasteiger partial charge in [-0.15, -0.1) is 6.42 Å². The van der Waals surface area contributed by atoms with Gasteiger partial charge in [-0.25, -0.2) is 0 Å². The van der Waals surface area contributed by atoms with Crippen LogP contribution < -0.4 is 10.6 Å². The molecule has 1 fully saturated rings. The molecule has 6 heteroatoms. The Morgan fingerprint density at radius 3 is 2.31 bits per heavy atom. The Labute approximate surface area is 152 Å². The SMILES string of the molecule is C#CC1(Nc2nc(Nc3ccncc3)nc(-c3ccccc3)n2)CCC1. The molecular weight excluding hydrogens is 324 g/mol. The fraction of sp³-hybridized carbons (Fsp3) is 0.200. The van der Waals surface area contributed by atoms with Gasteiger partial charge in [0.1, 0.15) is 5.54 Å². The lowest BCUT2D eigenvalue weighted by Crippen LogP contribution is -2.44. The Bertz CT molecular complexity index is 930. The molecule has 2 N–H and O–H groups in total. The second-order valence-electron chi connectivity index (χ2n) is 6.24. The number of benzene rings is 1. The monoisotopic (exact) mass is 342 g/mol. The highest BCUT2D eigenvalue weighted by Gasteiger charge is 2.35. The first-order valence-corrected chi connectivity index (χ1v) is 8.51. The maximum atomic E-state index is 5.72. The van der Waals surface area contributed by atoms with E-state index in [0.29, 0.717) is 17.7 Å². The molecule has 0 amide bonds. The van der Waals surface area contributed by atoms with Crippen molar-refractivity contribution in [1.82, 2.24) is 19.9 Å². The molecule has 1 aliphatic carbocycles. The Hall–Kier alpha value is -3.46. The van der Waals surface area contributed by atoms with Gasteiger partial charge in [-0.05, 0) is 31.4 Å². The Balaban J connectivity index is 1.71. The molecular formula is C20H18N6. The van der Waals surface area contributed by atoms with Crippen molar-refractivity contribution in [2.75, 3.05) is 10.6 Å². The Kier molecular flexibility index (Phi) is 4.20. The summed E-state index contributed by atoms with van der Waals surface area (Å²) in [7, 11) is 0. The summed E-state index contributed by atoms with van der Waals surface area (Å²) in [6.07, 6.45) is 12.1. The molecule has 0 radical (unpaired) electrons. The normalized spacial score (nSPS) is 14.7. The second kappa shape index (κ2) is 6.81. The zero-order chi connectivity index (χ0) is 17.8. The maximum Gasteiger partial charge on any atom is 0.232 e. The summed E-state index contributed by atoms with van der Waals surface area (Å²) in [5.41, 5.74) is 1.41. The first kappa shape index (κ1) is 16.0. The van der Waals surface area contributed by atoms with Gasteiger partial charge >= 0.3 is 0 Å². The van der Waals surface area contributed by atoms with Crippen molar-refractivity contribution in [2.45, 2.75) is 24.8 Å². The molecule has 0 bridgehead atoms. The molecule has 26 heavy (non-hydrogen) atoms. The standard InChI is InChI=1S/C20H18N6/c1-2-20(11-6-12-20)26-19-24-17(15-7-4-3-5-8-15)23-18(25-19)22-16-9-13-21-14-10-16/h1,3-5,7-10,13-14H,6,11-12H2,(H2,21,22,23,24,25,26). The Morgan fingerprint density at radius 1 is 0.923 bits per heavy atom. The van der Waals surface area contributed by atoms with Crippen LogP contribution in [0.5, 0.6) is 0 Å². The second-order valence-corrected chi connectivity index (χ2v) is 6.24. The summed E-state index contributed by atoms with van der Waals surface area (Å²) >= 11 is 0.